The molecule has 3 aliphatic rings. The Labute approximate surface area is 114 Å². The predicted octanol–water partition coefficient (Wildman–Crippen LogP) is 4.53. The molecule has 0 aromatic carbocycles. The highest BCUT2D eigenvalue weighted by Crippen LogP contribution is 2.72. The molecular weight excluding hydrogens is 276 g/mol. The Kier molecular flexibility index (Phi) is 2.57. The monoisotopic (exact) mass is 300 g/mol. The minimum absolute atomic E-state index is 0.194. The summed E-state index contributed by atoms with van der Waals surface area (Å²) in [6.45, 7) is 9.57. The molecule has 0 unspecified atom stereocenters. The van der Waals surface area contributed by atoms with Crippen LogP contribution in [0.15, 0.2) is 0 Å². The molecular formula is C15H25BrO. The predicted molar refractivity (Wildman–Crippen MR) is 74.5 cm³/mol. The molecule has 2 heteroatoms. The second-order valence-electron chi connectivity index (χ2n) is 7.33. The molecule has 2 saturated carbocycles. The van der Waals surface area contributed by atoms with Gasteiger partial charge in [0.15, 0.2) is 0 Å². The molecule has 0 bridgehead atoms. The van der Waals surface area contributed by atoms with Gasteiger partial charge in [-0.2, -0.15) is 0 Å². The quantitative estimate of drug-likeness (QED) is 0.512. The van der Waals surface area contributed by atoms with Gasteiger partial charge in [0.25, 0.3) is 0 Å². The minimum Gasteiger partial charge on any atom is -0.362 e. The standard InChI is InChI=1S/C15H25BrO/c1-10(2)11-5-7-13(3)12(16)6-8-14(4)15(13,9-11)17-14/h10-12H,5-9H2,1-4H3/t11-,12-,13+,14+,15-/m1/s1. The minimum atomic E-state index is 0.194. The fourth-order valence-electron chi connectivity index (χ4n) is 4.68. The second-order valence-corrected chi connectivity index (χ2v) is 8.44. The van der Waals surface area contributed by atoms with Crippen LogP contribution in [-0.2, 0) is 4.74 Å². The van der Waals surface area contributed by atoms with Crippen LogP contribution in [0.3, 0.4) is 0 Å². The molecule has 1 aliphatic heterocycles. The van der Waals surface area contributed by atoms with Gasteiger partial charge in [-0.25, -0.2) is 0 Å². The Balaban J connectivity index is 1.93. The molecule has 3 fully saturated rings. The molecule has 3 rings (SSSR count). The number of hydrogen-bond donors (Lipinski definition) is 0. The van der Waals surface area contributed by atoms with Crippen molar-refractivity contribution in [3.8, 4) is 0 Å². The summed E-state index contributed by atoms with van der Waals surface area (Å²) in [6, 6.07) is 0. The molecule has 0 aromatic rings. The molecule has 0 radical (unpaired) electrons. The van der Waals surface area contributed by atoms with Crippen molar-refractivity contribution in [1.29, 1.82) is 0 Å². The van der Waals surface area contributed by atoms with E-state index in [2.05, 4.69) is 43.6 Å². The Hall–Kier alpha value is 0.440. The summed E-state index contributed by atoms with van der Waals surface area (Å²) in [5.41, 5.74) is 0.755. The van der Waals surface area contributed by atoms with Crippen molar-refractivity contribution in [1.82, 2.24) is 0 Å². The van der Waals surface area contributed by atoms with Crippen LogP contribution in [0, 0.1) is 17.3 Å². The van der Waals surface area contributed by atoms with E-state index in [0.717, 1.165) is 11.8 Å². The zero-order valence-corrected chi connectivity index (χ0v) is 13.1. The fourth-order valence-corrected chi connectivity index (χ4v) is 5.51. The molecule has 0 aromatic heterocycles. The normalized spacial score (nSPS) is 57.5. The van der Waals surface area contributed by atoms with Crippen LogP contribution in [0.25, 0.3) is 0 Å². The van der Waals surface area contributed by atoms with Crippen molar-refractivity contribution in [3.05, 3.63) is 0 Å². The largest absolute Gasteiger partial charge is 0.362 e. The summed E-state index contributed by atoms with van der Waals surface area (Å²) in [6.07, 6.45) is 6.53. The van der Waals surface area contributed by atoms with Gasteiger partial charge < -0.3 is 4.74 Å². The van der Waals surface area contributed by atoms with Gasteiger partial charge in [0.1, 0.15) is 5.60 Å². The summed E-state index contributed by atoms with van der Waals surface area (Å²) < 4.78 is 6.38. The lowest BCUT2D eigenvalue weighted by Gasteiger charge is -2.50. The zero-order valence-electron chi connectivity index (χ0n) is 11.6. The third-order valence-electron chi connectivity index (χ3n) is 6.23. The van der Waals surface area contributed by atoms with E-state index in [0.29, 0.717) is 10.2 Å². The van der Waals surface area contributed by atoms with Gasteiger partial charge in [0.05, 0.1) is 5.60 Å². The highest BCUT2D eigenvalue weighted by atomic mass is 79.9. The van der Waals surface area contributed by atoms with Crippen molar-refractivity contribution in [2.45, 2.75) is 75.8 Å². The number of ether oxygens (including phenoxy) is 1. The van der Waals surface area contributed by atoms with E-state index in [9.17, 15) is 0 Å². The van der Waals surface area contributed by atoms with Crippen molar-refractivity contribution < 1.29 is 4.74 Å². The molecule has 1 spiro atoms. The lowest BCUT2D eigenvalue weighted by molar-refractivity contribution is 0.0215. The molecule has 1 saturated heterocycles. The van der Waals surface area contributed by atoms with Crippen LogP contribution in [-0.4, -0.2) is 16.0 Å². The van der Waals surface area contributed by atoms with Crippen LogP contribution < -0.4 is 0 Å². The van der Waals surface area contributed by atoms with E-state index < -0.39 is 0 Å². The first-order valence-electron chi connectivity index (χ1n) is 7.19. The maximum Gasteiger partial charge on any atom is 0.104 e. The number of epoxide rings is 1. The molecule has 5 atom stereocenters. The lowest BCUT2D eigenvalue weighted by Crippen LogP contribution is -2.54. The maximum absolute atomic E-state index is 6.38. The van der Waals surface area contributed by atoms with Crippen molar-refractivity contribution in [2.75, 3.05) is 0 Å². The Morgan fingerprint density at radius 2 is 1.88 bits per heavy atom. The first kappa shape index (κ1) is 12.5. The Morgan fingerprint density at radius 3 is 2.53 bits per heavy atom. The summed E-state index contributed by atoms with van der Waals surface area (Å²) >= 11 is 3.95. The third kappa shape index (κ3) is 1.40. The number of rotatable bonds is 1. The van der Waals surface area contributed by atoms with E-state index in [1.165, 1.54) is 32.1 Å². The smallest absolute Gasteiger partial charge is 0.104 e. The van der Waals surface area contributed by atoms with Crippen LogP contribution in [0.5, 0.6) is 0 Å². The Bertz CT molecular complexity index is 342. The van der Waals surface area contributed by atoms with Gasteiger partial charge in [0.2, 0.25) is 0 Å². The van der Waals surface area contributed by atoms with Gasteiger partial charge in [0, 0.05) is 10.2 Å². The summed E-state index contributed by atoms with van der Waals surface area (Å²) in [5.74, 6) is 1.67. The van der Waals surface area contributed by atoms with E-state index in [-0.39, 0.29) is 11.2 Å². The number of hydrogen-bond acceptors (Lipinski definition) is 1. The molecule has 98 valence electrons. The SMILES string of the molecule is CC(C)[C@@H]1CC[C@@]2(C)[C@H](Br)CC[C@]3(C)O[C@]23C1. The highest BCUT2D eigenvalue weighted by Gasteiger charge is 2.78. The second kappa shape index (κ2) is 3.50. The van der Waals surface area contributed by atoms with Gasteiger partial charge in [-0.1, -0.05) is 36.7 Å². The third-order valence-corrected chi connectivity index (χ3v) is 7.70. The molecule has 0 amide bonds. The highest BCUT2D eigenvalue weighted by molar-refractivity contribution is 9.09. The van der Waals surface area contributed by atoms with Crippen molar-refractivity contribution >= 4 is 15.9 Å². The van der Waals surface area contributed by atoms with Crippen molar-refractivity contribution in [2.24, 2.45) is 17.3 Å². The van der Waals surface area contributed by atoms with Crippen LogP contribution in [0.2, 0.25) is 0 Å². The van der Waals surface area contributed by atoms with Crippen molar-refractivity contribution in [3.63, 3.8) is 0 Å². The fraction of sp³-hybridized carbons (Fsp3) is 1.00. The lowest BCUT2D eigenvalue weighted by atomic mass is 9.54. The van der Waals surface area contributed by atoms with Gasteiger partial charge in [-0.3, -0.25) is 0 Å². The van der Waals surface area contributed by atoms with Crippen LogP contribution >= 0.6 is 15.9 Å². The Morgan fingerprint density at radius 1 is 1.18 bits per heavy atom. The first-order chi connectivity index (χ1) is 7.85. The molecule has 1 heterocycles. The number of halogens is 1. The van der Waals surface area contributed by atoms with E-state index >= 15 is 0 Å². The summed E-state index contributed by atoms with van der Waals surface area (Å²) in [7, 11) is 0. The first-order valence-corrected chi connectivity index (χ1v) is 8.10. The van der Waals surface area contributed by atoms with Gasteiger partial charge >= 0.3 is 0 Å². The molecule has 17 heavy (non-hydrogen) atoms. The average molecular weight is 301 g/mol. The number of alkyl halides is 1. The van der Waals surface area contributed by atoms with E-state index in [1.54, 1.807) is 0 Å². The molecule has 0 N–H and O–H groups in total. The maximum atomic E-state index is 6.38. The topological polar surface area (TPSA) is 12.5 Å². The summed E-state index contributed by atoms with van der Waals surface area (Å²) in [4.78, 5) is 0.652. The molecule has 2 aliphatic carbocycles. The van der Waals surface area contributed by atoms with Crippen LogP contribution in [0.1, 0.15) is 59.8 Å². The van der Waals surface area contributed by atoms with E-state index in [4.69, 9.17) is 4.74 Å². The van der Waals surface area contributed by atoms with Gasteiger partial charge in [-0.05, 0) is 50.9 Å². The molecule has 1 nitrogen and oxygen atoms in total. The van der Waals surface area contributed by atoms with Gasteiger partial charge in [-0.15, -0.1) is 0 Å². The average Bonchev–Trinajstić information content (AvgIpc) is 2.87. The van der Waals surface area contributed by atoms with E-state index in [1.807, 2.05) is 0 Å². The van der Waals surface area contributed by atoms with Crippen LogP contribution in [0.4, 0.5) is 0 Å². The zero-order chi connectivity index (χ0) is 12.5. The summed E-state index contributed by atoms with van der Waals surface area (Å²) in [5, 5.41) is 0.